The van der Waals surface area contributed by atoms with Crippen molar-refractivity contribution >= 4 is 5.97 Å². The summed E-state index contributed by atoms with van der Waals surface area (Å²) in [7, 11) is 0. The molecule has 0 N–H and O–H groups in total. The van der Waals surface area contributed by atoms with Crippen LogP contribution in [0.25, 0.3) is 0 Å². The molecule has 0 atom stereocenters. The molecule has 4 heteroatoms. The van der Waals surface area contributed by atoms with Crippen LogP contribution in [-0.4, -0.2) is 11.9 Å². The van der Waals surface area contributed by atoms with Crippen molar-refractivity contribution in [3.05, 3.63) is 35.4 Å². The van der Waals surface area contributed by atoms with Crippen molar-refractivity contribution in [1.82, 2.24) is 0 Å². The number of halogens is 2. The van der Waals surface area contributed by atoms with Gasteiger partial charge in [0.1, 0.15) is 0 Å². The van der Waals surface area contributed by atoms with Gasteiger partial charge in [0.25, 0.3) is 0 Å². The quantitative estimate of drug-likeness (QED) is 0.781. The van der Waals surface area contributed by atoms with E-state index in [4.69, 9.17) is 0 Å². The van der Waals surface area contributed by atoms with Crippen LogP contribution in [0.5, 0.6) is 0 Å². The third kappa shape index (κ3) is 2.21. The Labute approximate surface area is 91.9 Å². The number of hydrogen-bond acceptors (Lipinski definition) is 2. The minimum Gasteiger partial charge on any atom is -0.550 e. The number of carbonyl (C=O) groups is 1. The summed E-state index contributed by atoms with van der Waals surface area (Å²) in [6.07, 6.45) is -0.577. The van der Waals surface area contributed by atoms with Crippen LogP contribution in [0, 0.1) is 0 Å². The fourth-order valence-corrected chi connectivity index (χ4v) is 2.13. The number of aliphatic carboxylic acids is 1. The second-order valence-corrected chi connectivity index (χ2v) is 4.21. The molecule has 2 rings (SSSR count). The van der Waals surface area contributed by atoms with E-state index in [0.717, 1.165) is 5.56 Å². The first kappa shape index (κ1) is 11.0. The van der Waals surface area contributed by atoms with Gasteiger partial charge in [0.2, 0.25) is 5.92 Å². The monoisotopic (exact) mass is 225 g/mol. The molecule has 0 amide bonds. The van der Waals surface area contributed by atoms with E-state index >= 15 is 0 Å². The topological polar surface area (TPSA) is 40.1 Å². The van der Waals surface area contributed by atoms with Crippen LogP contribution in [-0.2, 0) is 11.2 Å². The van der Waals surface area contributed by atoms with Gasteiger partial charge in [0.15, 0.2) is 0 Å². The maximum absolute atomic E-state index is 12.7. The molecule has 0 radical (unpaired) electrons. The first-order valence-electron chi connectivity index (χ1n) is 5.13. The Bertz CT molecular complexity index is 407. The normalized spacial score (nSPS) is 19.1. The number of carbonyl (C=O) groups excluding carboxylic acids is 1. The highest BCUT2D eigenvalue weighted by Gasteiger charge is 2.46. The lowest BCUT2D eigenvalue weighted by Crippen LogP contribution is -2.34. The minimum atomic E-state index is -2.58. The maximum Gasteiger partial charge on any atom is 0.249 e. The highest BCUT2D eigenvalue weighted by atomic mass is 19.3. The Balaban J connectivity index is 2.18. The zero-order valence-electron chi connectivity index (χ0n) is 8.58. The smallest absolute Gasteiger partial charge is 0.249 e. The van der Waals surface area contributed by atoms with E-state index in [1.54, 1.807) is 24.3 Å². The predicted molar refractivity (Wildman–Crippen MR) is 52.1 cm³/mol. The van der Waals surface area contributed by atoms with Gasteiger partial charge in [-0.05, 0) is 17.0 Å². The molecule has 0 bridgehead atoms. The molecule has 0 saturated heterocycles. The van der Waals surface area contributed by atoms with Gasteiger partial charge < -0.3 is 9.90 Å². The molecular weight excluding hydrogens is 214 g/mol. The van der Waals surface area contributed by atoms with Gasteiger partial charge in [-0.1, -0.05) is 24.3 Å². The molecule has 1 saturated carbocycles. The zero-order chi connectivity index (χ0) is 11.8. The second-order valence-electron chi connectivity index (χ2n) is 4.21. The van der Waals surface area contributed by atoms with E-state index in [1.165, 1.54) is 0 Å². The van der Waals surface area contributed by atoms with Crippen LogP contribution < -0.4 is 5.11 Å². The third-order valence-electron chi connectivity index (χ3n) is 2.92. The molecule has 0 aromatic heterocycles. The van der Waals surface area contributed by atoms with Crippen molar-refractivity contribution in [3.63, 3.8) is 0 Å². The van der Waals surface area contributed by atoms with Crippen molar-refractivity contribution < 1.29 is 18.7 Å². The van der Waals surface area contributed by atoms with Gasteiger partial charge in [-0.15, -0.1) is 0 Å². The van der Waals surface area contributed by atoms with Gasteiger partial charge in [-0.2, -0.15) is 0 Å². The lowest BCUT2D eigenvalue weighted by atomic mass is 9.75. The molecule has 2 nitrogen and oxygen atoms in total. The van der Waals surface area contributed by atoms with E-state index in [2.05, 4.69) is 0 Å². The Hall–Kier alpha value is -1.45. The Kier molecular flexibility index (Phi) is 2.66. The molecule has 1 aromatic rings. The molecular formula is C12H11F2O2-. The van der Waals surface area contributed by atoms with Crippen molar-refractivity contribution in [2.24, 2.45) is 0 Å². The summed E-state index contributed by atoms with van der Waals surface area (Å²) in [6.45, 7) is 0. The van der Waals surface area contributed by atoms with Crippen LogP contribution in [0.3, 0.4) is 0 Å². The summed E-state index contributed by atoms with van der Waals surface area (Å²) in [4.78, 5) is 10.5. The highest BCUT2D eigenvalue weighted by Crippen LogP contribution is 2.48. The van der Waals surface area contributed by atoms with Gasteiger partial charge in [0, 0.05) is 25.2 Å². The molecule has 16 heavy (non-hydrogen) atoms. The van der Waals surface area contributed by atoms with E-state index in [1.807, 2.05) is 0 Å². The van der Waals surface area contributed by atoms with Crippen molar-refractivity contribution in [3.8, 4) is 0 Å². The standard InChI is InChI=1S/C12H12F2O2/c13-12(14)6-9(7-12)10-4-2-1-3-8(10)5-11(15)16/h1-4,9H,5-7H2,(H,15,16)/p-1. The maximum atomic E-state index is 12.7. The van der Waals surface area contributed by atoms with Crippen LogP contribution >= 0.6 is 0 Å². The zero-order valence-corrected chi connectivity index (χ0v) is 8.58. The summed E-state index contributed by atoms with van der Waals surface area (Å²) >= 11 is 0. The Morgan fingerprint density at radius 1 is 1.38 bits per heavy atom. The van der Waals surface area contributed by atoms with Crippen LogP contribution in [0.15, 0.2) is 24.3 Å². The van der Waals surface area contributed by atoms with Gasteiger partial charge in [-0.25, -0.2) is 8.78 Å². The Morgan fingerprint density at radius 3 is 2.56 bits per heavy atom. The molecule has 0 heterocycles. The molecule has 1 aliphatic rings. The average Bonchev–Trinajstić information content (AvgIpc) is 2.14. The SMILES string of the molecule is O=C([O-])Cc1ccccc1C1CC(F)(F)C1. The number of rotatable bonds is 3. The first-order chi connectivity index (χ1) is 7.48. The van der Waals surface area contributed by atoms with Crippen molar-refractivity contribution in [1.29, 1.82) is 0 Å². The fourth-order valence-electron chi connectivity index (χ4n) is 2.13. The number of hydrogen-bond donors (Lipinski definition) is 0. The van der Waals surface area contributed by atoms with E-state index in [-0.39, 0.29) is 25.2 Å². The molecule has 86 valence electrons. The van der Waals surface area contributed by atoms with Gasteiger partial charge in [0.05, 0.1) is 0 Å². The summed E-state index contributed by atoms with van der Waals surface area (Å²) in [5.41, 5.74) is 1.31. The largest absolute Gasteiger partial charge is 0.550 e. The lowest BCUT2D eigenvalue weighted by Gasteiger charge is -2.36. The highest BCUT2D eigenvalue weighted by molar-refractivity contribution is 5.68. The molecule has 1 aromatic carbocycles. The van der Waals surface area contributed by atoms with E-state index in [9.17, 15) is 18.7 Å². The van der Waals surface area contributed by atoms with Crippen LogP contribution in [0.2, 0.25) is 0 Å². The molecule has 0 aliphatic heterocycles. The molecule has 0 unspecified atom stereocenters. The number of benzene rings is 1. The molecule has 1 aliphatic carbocycles. The number of alkyl halides is 2. The summed E-state index contributed by atoms with van der Waals surface area (Å²) in [6, 6.07) is 6.82. The second kappa shape index (κ2) is 3.85. The van der Waals surface area contributed by atoms with Crippen LogP contribution in [0.4, 0.5) is 8.78 Å². The van der Waals surface area contributed by atoms with E-state index < -0.39 is 11.9 Å². The Morgan fingerprint density at radius 2 is 2.00 bits per heavy atom. The summed E-state index contributed by atoms with van der Waals surface area (Å²) in [5, 5.41) is 10.5. The van der Waals surface area contributed by atoms with Gasteiger partial charge >= 0.3 is 0 Å². The minimum absolute atomic E-state index is 0.183. The lowest BCUT2D eigenvalue weighted by molar-refractivity contribution is -0.304. The predicted octanol–water partition coefficient (Wildman–Crippen LogP) is 1.49. The van der Waals surface area contributed by atoms with Gasteiger partial charge in [-0.3, -0.25) is 0 Å². The molecule has 1 fully saturated rings. The third-order valence-corrected chi connectivity index (χ3v) is 2.92. The summed E-state index contributed by atoms with van der Waals surface area (Å²) in [5.74, 6) is -3.98. The summed E-state index contributed by atoms with van der Waals surface area (Å²) < 4.78 is 25.5. The average molecular weight is 225 g/mol. The number of carboxylic acid groups (broad SMARTS) is 1. The molecule has 0 spiro atoms. The van der Waals surface area contributed by atoms with E-state index in [0.29, 0.717) is 5.56 Å². The number of carboxylic acids is 1. The van der Waals surface area contributed by atoms with Crippen molar-refractivity contribution in [2.75, 3.05) is 0 Å². The first-order valence-corrected chi connectivity index (χ1v) is 5.13. The van der Waals surface area contributed by atoms with Crippen molar-refractivity contribution in [2.45, 2.75) is 31.1 Å². The van der Waals surface area contributed by atoms with Crippen LogP contribution in [0.1, 0.15) is 29.9 Å². The fraction of sp³-hybridized carbons (Fsp3) is 0.417.